The third kappa shape index (κ3) is 4.26. The van der Waals surface area contributed by atoms with Crippen molar-refractivity contribution < 1.29 is 14.8 Å². The van der Waals surface area contributed by atoms with Crippen molar-refractivity contribution in [3.63, 3.8) is 0 Å². The van der Waals surface area contributed by atoms with Gasteiger partial charge in [0, 0.05) is 22.1 Å². The highest BCUT2D eigenvalue weighted by Gasteiger charge is 2.19. The normalized spacial score (nSPS) is 10.9. The van der Waals surface area contributed by atoms with Gasteiger partial charge in [-0.05, 0) is 19.9 Å². The third-order valence-electron chi connectivity index (χ3n) is 3.79. The lowest BCUT2D eigenvalue weighted by Gasteiger charge is -2.07. The van der Waals surface area contributed by atoms with E-state index in [1.54, 1.807) is 6.92 Å². The Balaban J connectivity index is 1.81. The number of phenolic OH excluding ortho intramolecular Hbond substituents is 1. The van der Waals surface area contributed by atoms with Crippen LogP contribution in [0, 0.1) is 17.0 Å². The molecule has 0 saturated heterocycles. The number of aryl methyl sites for hydroxylation is 1. The van der Waals surface area contributed by atoms with Gasteiger partial charge < -0.3 is 9.84 Å². The number of nitrogens with zero attached hydrogens (tertiary/aromatic N) is 3. The van der Waals surface area contributed by atoms with Gasteiger partial charge in [-0.2, -0.15) is 5.10 Å². The molecule has 0 atom stereocenters. The Bertz CT molecular complexity index is 1020. The van der Waals surface area contributed by atoms with Gasteiger partial charge in [-0.25, -0.2) is 4.98 Å². The summed E-state index contributed by atoms with van der Waals surface area (Å²) in [5.74, 6) is -0.463. The van der Waals surface area contributed by atoms with Crippen LogP contribution >= 0.6 is 11.3 Å². The van der Waals surface area contributed by atoms with E-state index in [2.05, 4.69) is 15.5 Å². The number of nitro benzene ring substituents is 1. The Labute approximate surface area is 165 Å². The van der Waals surface area contributed by atoms with Crippen LogP contribution in [0.25, 0.3) is 11.3 Å². The minimum atomic E-state index is -0.668. The van der Waals surface area contributed by atoms with Crippen molar-refractivity contribution in [2.45, 2.75) is 13.8 Å². The number of anilines is 1. The predicted molar refractivity (Wildman–Crippen MR) is 109 cm³/mol. The first kappa shape index (κ1) is 19.3. The first-order chi connectivity index (χ1) is 13.5. The van der Waals surface area contributed by atoms with Crippen LogP contribution in [-0.2, 0) is 0 Å². The fourth-order valence-corrected chi connectivity index (χ4v) is 3.35. The van der Waals surface area contributed by atoms with Crippen LogP contribution in [0.3, 0.4) is 0 Å². The van der Waals surface area contributed by atoms with Crippen molar-refractivity contribution in [3.8, 4) is 22.8 Å². The summed E-state index contributed by atoms with van der Waals surface area (Å²) >= 11 is 1.46. The molecular formula is C19H18N4O4S. The maximum Gasteiger partial charge on any atom is 0.315 e. The van der Waals surface area contributed by atoms with Gasteiger partial charge in [0.25, 0.3) is 0 Å². The molecule has 0 bridgehead atoms. The maximum atomic E-state index is 11.1. The molecule has 0 unspecified atom stereocenters. The van der Waals surface area contributed by atoms with E-state index in [-0.39, 0.29) is 12.4 Å². The summed E-state index contributed by atoms with van der Waals surface area (Å²) in [7, 11) is 0. The molecule has 0 aliphatic heterocycles. The molecule has 0 amide bonds. The number of hydrazone groups is 1. The Morgan fingerprint density at radius 1 is 1.36 bits per heavy atom. The number of benzene rings is 2. The van der Waals surface area contributed by atoms with Gasteiger partial charge in [0.1, 0.15) is 0 Å². The van der Waals surface area contributed by atoms with E-state index < -0.39 is 16.4 Å². The first-order valence-electron chi connectivity index (χ1n) is 8.45. The second-order valence-electron chi connectivity index (χ2n) is 5.74. The quantitative estimate of drug-likeness (QED) is 0.342. The molecule has 2 N–H and O–H groups in total. The predicted octanol–water partition coefficient (Wildman–Crippen LogP) is 4.58. The SMILES string of the molecule is CCOc1cc(/C=N/Nc2nc(-c3ccccc3)c(C)s2)cc([N+](=O)[O-])c1O. The summed E-state index contributed by atoms with van der Waals surface area (Å²) in [5.41, 5.74) is 4.71. The topological polar surface area (TPSA) is 110 Å². The van der Waals surface area contributed by atoms with Crippen molar-refractivity contribution in [2.75, 3.05) is 12.0 Å². The molecule has 8 nitrogen and oxygen atoms in total. The molecule has 0 radical (unpaired) electrons. The van der Waals surface area contributed by atoms with Crippen LogP contribution < -0.4 is 10.2 Å². The number of nitro groups is 1. The van der Waals surface area contributed by atoms with E-state index in [1.165, 1.54) is 29.7 Å². The van der Waals surface area contributed by atoms with Crippen LogP contribution in [0.1, 0.15) is 17.4 Å². The zero-order valence-electron chi connectivity index (χ0n) is 15.2. The van der Waals surface area contributed by atoms with E-state index in [0.29, 0.717) is 10.7 Å². The van der Waals surface area contributed by atoms with Gasteiger partial charge in [-0.3, -0.25) is 15.5 Å². The molecule has 0 saturated carbocycles. The summed E-state index contributed by atoms with van der Waals surface area (Å²) in [6.45, 7) is 3.97. The lowest BCUT2D eigenvalue weighted by Crippen LogP contribution is -1.98. The summed E-state index contributed by atoms with van der Waals surface area (Å²) < 4.78 is 5.25. The zero-order chi connectivity index (χ0) is 20.1. The van der Waals surface area contributed by atoms with Crippen LogP contribution in [0.5, 0.6) is 11.5 Å². The van der Waals surface area contributed by atoms with Crippen molar-refractivity contribution in [1.82, 2.24) is 4.98 Å². The summed E-state index contributed by atoms with van der Waals surface area (Å²) in [4.78, 5) is 16.0. The van der Waals surface area contributed by atoms with Crippen LogP contribution in [0.15, 0.2) is 47.6 Å². The fourth-order valence-electron chi connectivity index (χ4n) is 2.56. The lowest BCUT2D eigenvalue weighted by atomic mass is 10.1. The average Bonchev–Trinajstić information content (AvgIpc) is 3.05. The molecule has 0 aliphatic carbocycles. The Morgan fingerprint density at radius 2 is 2.11 bits per heavy atom. The number of rotatable bonds is 7. The lowest BCUT2D eigenvalue weighted by molar-refractivity contribution is -0.386. The van der Waals surface area contributed by atoms with Crippen LogP contribution in [0.2, 0.25) is 0 Å². The van der Waals surface area contributed by atoms with Gasteiger partial charge in [0.2, 0.25) is 10.9 Å². The van der Waals surface area contributed by atoms with Gasteiger partial charge in [0.15, 0.2) is 5.75 Å². The van der Waals surface area contributed by atoms with Gasteiger partial charge in [0.05, 0.1) is 23.4 Å². The minimum absolute atomic E-state index is 0.0367. The average molecular weight is 398 g/mol. The Hall–Kier alpha value is -3.46. The highest BCUT2D eigenvalue weighted by molar-refractivity contribution is 7.15. The highest BCUT2D eigenvalue weighted by atomic mass is 32.1. The minimum Gasteiger partial charge on any atom is -0.500 e. The monoisotopic (exact) mass is 398 g/mol. The van der Waals surface area contributed by atoms with Gasteiger partial charge in [-0.15, -0.1) is 11.3 Å². The van der Waals surface area contributed by atoms with Crippen LogP contribution in [-0.4, -0.2) is 27.8 Å². The number of thiazole rings is 1. The summed E-state index contributed by atoms with van der Waals surface area (Å²) in [6.07, 6.45) is 1.41. The van der Waals surface area contributed by atoms with Crippen molar-refractivity contribution in [2.24, 2.45) is 5.10 Å². The second kappa shape index (κ2) is 8.49. The highest BCUT2D eigenvalue weighted by Crippen LogP contribution is 2.36. The number of hydrogen-bond donors (Lipinski definition) is 2. The number of nitrogens with one attached hydrogen (secondary N) is 1. The zero-order valence-corrected chi connectivity index (χ0v) is 16.1. The molecule has 1 aromatic heterocycles. The largest absolute Gasteiger partial charge is 0.500 e. The number of phenols is 1. The van der Waals surface area contributed by atoms with E-state index in [9.17, 15) is 15.2 Å². The molecule has 0 aliphatic rings. The van der Waals surface area contributed by atoms with E-state index >= 15 is 0 Å². The number of aromatic nitrogens is 1. The molecule has 2 aromatic carbocycles. The second-order valence-corrected chi connectivity index (χ2v) is 6.94. The summed E-state index contributed by atoms with van der Waals surface area (Å²) in [6, 6.07) is 12.5. The fraction of sp³-hybridized carbons (Fsp3) is 0.158. The molecular weight excluding hydrogens is 380 g/mol. The molecule has 28 heavy (non-hydrogen) atoms. The smallest absolute Gasteiger partial charge is 0.315 e. The number of hydrogen-bond acceptors (Lipinski definition) is 8. The van der Waals surface area contributed by atoms with E-state index in [1.807, 2.05) is 37.3 Å². The number of aromatic hydroxyl groups is 1. The molecule has 9 heteroatoms. The summed E-state index contributed by atoms with van der Waals surface area (Å²) in [5, 5.41) is 25.8. The van der Waals surface area contributed by atoms with Crippen LogP contribution in [0.4, 0.5) is 10.8 Å². The van der Waals surface area contributed by atoms with Crippen molar-refractivity contribution in [1.29, 1.82) is 0 Å². The van der Waals surface area contributed by atoms with Crippen molar-refractivity contribution >= 4 is 28.4 Å². The Kier molecular flexibility index (Phi) is 5.85. The van der Waals surface area contributed by atoms with Gasteiger partial charge in [-0.1, -0.05) is 30.3 Å². The molecule has 144 valence electrons. The molecule has 0 spiro atoms. The third-order valence-corrected chi connectivity index (χ3v) is 4.67. The molecule has 3 aromatic rings. The maximum absolute atomic E-state index is 11.1. The van der Waals surface area contributed by atoms with E-state index in [0.717, 1.165) is 16.1 Å². The molecule has 0 fully saturated rings. The van der Waals surface area contributed by atoms with Gasteiger partial charge >= 0.3 is 5.69 Å². The molecule has 3 rings (SSSR count). The standard InChI is InChI=1S/C19H18N4O4S/c1-3-27-16-10-13(9-15(18(16)24)23(25)26)11-20-22-19-21-17(12(2)28-19)14-7-5-4-6-8-14/h4-11,24H,3H2,1-2H3,(H,21,22)/b20-11+. The Morgan fingerprint density at radius 3 is 2.79 bits per heavy atom. The van der Waals surface area contributed by atoms with Crippen molar-refractivity contribution in [3.05, 3.63) is 63.0 Å². The molecule has 1 heterocycles. The number of ether oxygens (including phenoxy) is 1. The van der Waals surface area contributed by atoms with E-state index in [4.69, 9.17) is 4.74 Å². The first-order valence-corrected chi connectivity index (χ1v) is 9.27.